The van der Waals surface area contributed by atoms with E-state index in [0.717, 1.165) is 28.5 Å². The Kier molecular flexibility index (Phi) is 5.03. The van der Waals surface area contributed by atoms with Crippen molar-refractivity contribution in [1.29, 1.82) is 0 Å². The van der Waals surface area contributed by atoms with Crippen molar-refractivity contribution in [2.45, 2.75) is 26.8 Å². The Morgan fingerprint density at radius 2 is 2.20 bits per heavy atom. The van der Waals surface area contributed by atoms with Crippen molar-refractivity contribution in [2.75, 3.05) is 25.1 Å². The standard InChI is InChI=1S/C18H21N3O3S/c1-4-24-17(23)15-11(2)25-18(20-15)21-9-8-12-6-5-7-13(14(12)10-21)16(22)19-3/h5-7H,4,8-10H2,1-3H3,(H,19,22). The summed E-state index contributed by atoms with van der Waals surface area (Å²) in [5.41, 5.74) is 3.30. The highest BCUT2D eigenvalue weighted by atomic mass is 32.1. The maximum absolute atomic E-state index is 12.1. The molecule has 0 bridgehead atoms. The molecule has 1 amide bonds. The predicted octanol–water partition coefficient (Wildman–Crippen LogP) is 2.55. The van der Waals surface area contributed by atoms with Crippen LogP contribution in [-0.4, -0.2) is 37.1 Å². The average Bonchev–Trinajstić information content (AvgIpc) is 3.02. The van der Waals surface area contributed by atoms with E-state index in [1.165, 1.54) is 16.9 Å². The van der Waals surface area contributed by atoms with Gasteiger partial charge in [-0.05, 0) is 37.5 Å². The fraction of sp³-hybridized carbons (Fsp3) is 0.389. The van der Waals surface area contributed by atoms with E-state index in [0.29, 0.717) is 24.4 Å². The molecule has 1 aromatic heterocycles. The van der Waals surface area contributed by atoms with Crippen LogP contribution >= 0.6 is 11.3 Å². The van der Waals surface area contributed by atoms with Crippen molar-refractivity contribution < 1.29 is 14.3 Å². The summed E-state index contributed by atoms with van der Waals surface area (Å²) in [5, 5.41) is 3.49. The molecule has 0 unspecified atom stereocenters. The number of hydrogen-bond acceptors (Lipinski definition) is 6. The Morgan fingerprint density at radius 3 is 2.92 bits per heavy atom. The molecule has 3 rings (SSSR count). The van der Waals surface area contributed by atoms with E-state index in [9.17, 15) is 9.59 Å². The fourth-order valence-corrected chi connectivity index (χ4v) is 3.92. The molecular weight excluding hydrogens is 338 g/mol. The number of carbonyl (C=O) groups excluding carboxylic acids is 2. The first-order valence-electron chi connectivity index (χ1n) is 8.27. The number of benzene rings is 1. The number of aromatic nitrogens is 1. The molecule has 0 atom stereocenters. The van der Waals surface area contributed by atoms with E-state index in [4.69, 9.17) is 4.74 Å². The van der Waals surface area contributed by atoms with Crippen molar-refractivity contribution in [3.8, 4) is 0 Å². The molecule has 1 aromatic carbocycles. The summed E-state index contributed by atoms with van der Waals surface area (Å²) in [6, 6.07) is 5.83. The highest BCUT2D eigenvalue weighted by Gasteiger charge is 2.25. The summed E-state index contributed by atoms with van der Waals surface area (Å²) in [7, 11) is 1.64. The monoisotopic (exact) mass is 359 g/mol. The van der Waals surface area contributed by atoms with Crippen LogP contribution in [0.25, 0.3) is 0 Å². The maximum atomic E-state index is 12.1. The normalized spacial score (nSPS) is 13.3. The Morgan fingerprint density at radius 1 is 1.40 bits per heavy atom. The zero-order valence-corrected chi connectivity index (χ0v) is 15.4. The molecular formula is C18H21N3O3S. The van der Waals surface area contributed by atoms with Gasteiger partial charge < -0.3 is 15.0 Å². The molecule has 6 nitrogen and oxygen atoms in total. The highest BCUT2D eigenvalue weighted by molar-refractivity contribution is 7.15. The fourth-order valence-electron chi connectivity index (χ4n) is 3.00. The lowest BCUT2D eigenvalue weighted by Gasteiger charge is -2.29. The Bertz CT molecular complexity index is 816. The van der Waals surface area contributed by atoms with Gasteiger partial charge in [0.25, 0.3) is 5.91 Å². The van der Waals surface area contributed by atoms with Gasteiger partial charge in [0.05, 0.1) is 6.61 Å². The SMILES string of the molecule is CCOC(=O)c1nc(N2CCc3cccc(C(=O)NC)c3C2)sc1C. The molecule has 25 heavy (non-hydrogen) atoms. The third kappa shape index (κ3) is 3.37. The lowest BCUT2D eigenvalue weighted by molar-refractivity contribution is 0.0519. The topological polar surface area (TPSA) is 71.5 Å². The number of aryl methyl sites for hydroxylation is 1. The van der Waals surface area contributed by atoms with Crippen molar-refractivity contribution >= 4 is 28.3 Å². The van der Waals surface area contributed by atoms with Gasteiger partial charge in [-0.2, -0.15) is 0 Å². The summed E-state index contributed by atoms with van der Waals surface area (Å²) in [4.78, 5) is 31.6. The van der Waals surface area contributed by atoms with Crippen LogP contribution in [0.1, 0.15) is 43.8 Å². The molecule has 0 saturated carbocycles. The molecule has 0 spiro atoms. The van der Waals surface area contributed by atoms with Crippen LogP contribution in [0.15, 0.2) is 18.2 Å². The number of hydrogen-bond donors (Lipinski definition) is 1. The molecule has 1 aliphatic rings. The number of amides is 1. The molecule has 0 saturated heterocycles. The molecule has 2 heterocycles. The Balaban J connectivity index is 1.89. The van der Waals surface area contributed by atoms with Crippen molar-refractivity contribution in [3.63, 3.8) is 0 Å². The van der Waals surface area contributed by atoms with Crippen LogP contribution in [0, 0.1) is 6.92 Å². The summed E-state index contributed by atoms with van der Waals surface area (Å²) < 4.78 is 5.06. The lowest BCUT2D eigenvalue weighted by Crippen LogP contribution is -2.32. The smallest absolute Gasteiger partial charge is 0.358 e. The number of nitrogens with zero attached hydrogens (tertiary/aromatic N) is 2. The number of rotatable bonds is 4. The van der Waals surface area contributed by atoms with E-state index in [2.05, 4.69) is 21.3 Å². The minimum atomic E-state index is -0.383. The minimum absolute atomic E-state index is 0.0822. The molecule has 1 N–H and O–H groups in total. The third-order valence-electron chi connectivity index (χ3n) is 4.27. The second-order valence-corrected chi connectivity index (χ2v) is 7.00. The quantitative estimate of drug-likeness (QED) is 0.850. The summed E-state index contributed by atoms with van der Waals surface area (Å²) in [5.74, 6) is -0.466. The van der Waals surface area contributed by atoms with Crippen molar-refractivity contribution in [2.24, 2.45) is 0 Å². The largest absolute Gasteiger partial charge is 0.461 e. The zero-order valence-electron chi connectivity index (χ0n) is 14.6. The number of esters is 1. The van der Waals surface area contributed by atoms with Crippen LogP contribution in [-0.2, 0) is 17.7 Å². The number of ether oxygens (including phenoxy) is 1. The second-order valence-electron chi connectivity index (χ2n) is 5.82. The summed E-state index contributed by atoms with van der Waals surface area (Å²) >= 11 is 1.48. The molecule has 0 radical (unpaired) electrons. The van der Waals surface area contributed by atoms with Crippen LogP contribution in [0.2, 0.25) is 0 Å². The first kappa shape index (κ1) is 17.4. The van der Waals surface area contributed by atoms with Gasteiger partial charge in [-0.3, -0.25) is 4.79 Å². The zero-order chi connectivity index (χ0) is 18.0. The van der Waals surface area contributed by atoms with Crippen LogP contribution in [0.3, 0.4) is 0 Å². The number of thiazole rings is 1. The van der Waals surface area contributed by atoms with E-state index in [1.807, 2.05) is 19.1 Å². The summed E-state index contributed by atoms with van der Waals surface area (Å²) in [6.07, 6.45) is 0.841. The molecule has 1 aliphatic heterocycles. The van der Waals surface area contributed by atoms with Crippen LogP contribution in [0.4, 0.5) is 5.13 Å². The molecule has 0 aliphatic carbocycles. The van der Waals surface area contributed by atoms with Crippen molar-refractivity contribution in [1.82, 2.24) is 10.3 Å². The lowest BCUT2D eigenvalue weighted by atomic mass is 9.94. The van der Waals surface area contributed by atoms with E-state index in [1.54, 1.807) is 14.0 Å². The molecule has 0 fully saturated rings. The van der Waals surface area contributed by atoms with Gasteiger partial charge in [0.15, 0.2) is 10.8 Å². The predicted molar refractivity (Wildman–Crippen MR) is 97.4 cm³/mol. The van der Waals surface area contributed by atoms with E-state index in [-0.39, 0.29) is 11.9 Å². The number of nitrogens with one attached hydrogen (secondary N) is 1. The second kappa shape index (κ2) is 7.23. The van der Waals surface area contributed by atoms with Gasteiger partial charge in [-0.25, -0.2) is 9.78 Å². The van der Waals surface area contributed by atoms with E-state index >= 15 is 0 Å². The summed E-state index contributed by atoms with van der Waals surface area (Å²) in [6.45, 7) is 5.40. The van der Waals surface area contributed by atoms with Gasteiger partial charge in [0.1, 0.15) is 0 Å². The molecule has 7 heteroatoms. The average molecular weight is 359 g/mol. The number of anilines is 1. The highest BCUT2D eigenvalue weighted by Crippen LogP contribution is 2.31. The first-order valence-corrected chi connectivity index (χ1v) is 9.09. The third-order valence-corrected chi connectivity index (χ3v) is 5.30. The minimum Gasteiger partial charge on any atom is -0.461 e. The van der Waals surface area contributed by atoms with Gasteiger partial charge in [-0.1, -0.05) is 12.1 Å². The molecule has 132 valence electrons. The number of fused-ring (bicyclic) bond motifs is 1. The van der Waals surface area contributed by atoms with Crippen LogP contribution < -0.4 is 10.2 Å². The van der Waals surface area contributed by atoms with Gasteiger partial charge in [0.2, 0.25) is 0 Å². The van der Waals surface area contributed by atoms with Gasteiger partial charge in [-0.15, -0.1) is 11.3 Å². The van der Waals surface area contributed by atoms with Crippen molar-refractivity contribution in [3.05, 3.63) is 45.5 Å². The maximum Gasteiger partial charge on any atom is 0.358 e. The molecule has 2 aromatic rings. The van der Waals surface area contributed by atoms with Crippen LogP contribution in [0.5, 0.6) is 0 Å². The Hall–Kier alpha value is -2.41. The van der Waals surface area contributed by atoms with E-state index < -0.39 is 0 Å². The van der Waals surface area contributed by atoms with Gasteiger partial charge in [0, 0.05) is 30.6 Å². The van der Waals surface area contributed by atoms with Gasteiger partial charge >= 0.3 is 5.97 Å². The first-order chi connectivity index (χ1) is 12.0. The Labute approximate surface area is 150 Å². The number of carbonyl (C=O) groups is 2.